The van der Waals surface area contributed by atoms with Crippen LogP contribution in [0.2, 0.25) is 0 Å². The minimum absolute atomic E-state index is 0.0705. The summed E-state index contributed by atoms with van der Waals surface area (Å²) < 4.78 is 5.96. The van der Waals surface area contributed by atoms with Gasteiger partial charge in [0.25, 0.3) is 0 Å². The van der Waals surface area contributed by atoms with E-state index in [-0.39, 0.29) is 6.04 Å². The molecule has 1 aromatic carbocycles. The predicted octanol–water partition coefficient (Wildman–Crippen LogP) is 2.95. The monoisotopic (exact) mass is 253 g/mol. The number of aromatic amines is 1. The highest BCUT2D eigenvalue weighted by molar-refractivity contribution is 5.78. The molecule has 96 valence electrons. The zero-order chi connectivity index (χ0) is 12.8. The van der Waals surface area contributed by atoms with E-state index in [2.05, 4.69) is 34.3 Å². The Balaban J connectivity index is 1.83. The molecule has 3 heterocycles. The maximum Gasteiger partial charge on any atom is 0.134 e. The van der Waals surface area contributed by atoms with Crippen LogP contribution in [0.3, 0.4) is 0 Å². The van der Waals surface area contributed by atoms with Crippen LogP contribution >= 0.6 is 0 Å². The third-order valence-corrected chi connectivity index (χ3v) is 3.81. The third kappa shape index (κ3) is 1.60. The lowest BCUT2D eigenvalue weighted by molar-refractivity contribution is 0.429. The van der Waals surface area contributed by atoms with E-state index >= 15 is 0 Å². The molecule has 2 atom stereocenters. The van der Waals surface area contributed by atoms with Crippen molar-refractivity contribution < 1.29 is 4.42 Å². The van der Waals surface area contributed by atoms with E-state index in [0.29, 0.717) is 5.92 Å². The molecule has 0 radical (unpaired) electrons. The van der Waals surface area contributed by atoms with Crippen molar-refractivity contribution in [2.45, 2.75) is 18.9 Å². The number of hydrogen-bond donors (Lipinski definition) is 2. The van der Waals surface area contributed by atoms with E-state index in [0.717, 1.165) is 34.7 Å². The van der Waals surface area contributed by atoms with Crippen molar-refractivity contribution in [3.63, 3.8) is 0 Å². The summed E-state index contributed by atoms with van der Waals surface area (Å²) in [5.74, 6) is 1.38. The molecule has 19 heavy (non-hydrogen) atoms. The molecular weight excluding hydrogens is 238 g/mol. The minimum Gasteiger partial charge on any atom is -0.459 e. The van der Waals surface area contributed by atoms with Crippen molar-refractivity contribution in [1.82, 2.24) is 15.3 Å². The zero-order valence-corrected chi connectivity index (χ0v) is 10.7. The Morgan fingerprint density at radius 1 is 1.32 bits per heavy atom. The number of imidazole rings is 1. The van der Waals surface area contributed by atoms with Gasteiger partial charge in [0.2, 0.25) is 0 Å². The highest BCUT2D eigenvalue weighted by Crippen LogP contribution is 2.33. The largest absolute Gasteiger partial charge is 0.459 e. The lowest BCUT2D eigenvalue weighted by atomic mass is 9.96. The van der Waals surface area contributed by atoms with Gasteiger partial charge < -0.3 is 14.7 Å². The van der Waals surface area contributed by atoms with Crippen LogP contribution < -0.4 is 5.32 Å². The van der Waals surface area contributed by atoms with E-state index < -0.39 is 0 Å². The van der Waals surface area contributed by atoms with Crippen LogP contribution in [0.1, 0.15) is 36.0 Å². The van der Waals surface area contributed by atoms with Gasteiger partial charge >= 0.3 is 0 Å². The summed E-state index contributed by atoms with van der Waals surface area (Å²) in [6.07, 6.45) is 1.77. The summed E-state index contributed by atoms with van der Waals surface area (Å²) in [5, 5.41) is 4.66. The van der Waals surface area contributed by atoms with E-state index in [1.807, 2.05) is 18.2 Å². The molecule has 0 aliphatic carbocycles. The second-order valence-electron chi connectivity index (χ2n) is 5.13. The number of H-pyrrole nitrogens is 1. The van der Waals surface area contributed by atoms with E-state index in [1.54, 1.807) is 6.33 Å². The first-order chi connectivity index (χ1) is 9.33. The van der Waals surface area contributed by atoms with Crippen molar-refractivity contribution in [3.8, 4) is 0 Å². The van der Waals surface area contributed by atoms with Crippen LogP contribution in [0.5, 0.6) is 0 Å². The molecule has 0 spiro atoms. The molecular formula is C15H15N3O. The molecule has 0 fully saturated rings. The fourth-order valence-electron chi connectivity index (χ4n) is 2.82. The molecule has 4 heteroatoms. The van der Waals surface area contributed by atoms with E-state index in [1.165, 1.54) is 0 Å². The molecule has 0 saturated carbocycles. The summed E-state index contributed by atoms with van der Waals surface area (Å²) in [4.78, 5) is 7.68. The standard InChI is InChI=1S/C15H15N3O/c1-9-7-16-14(15-13(9)17-8-18-15)12-6-10-4-2-3-5-11(10)19-12/h2-6,8-9,14,16H,7H2,1H3,(H,17,18)/t9-,14?/m1/s1. The number of aromatic nitrogens is 2. The van der Waals surface area contributed by atoms with Crippen molar-refractivity contribution in [1.29, 1.82) is 0 Å². The van der Waals surface area contributed by atoms with E-state index in [9.17, 15) is 0 Å². The third-order valence-electron chi connectivity index (χ3n) is 3.81. The predicted molar refractivity (Wildman–Crippen MR) is 73.1 cm³/mol. The lowest BCUT2D eigenvalue weighted by Gasteiger charge is -2.25. The molecule has 1 unspecified atom stereocenters. The number of benzene rings is 1. The Hall–Kier alpha value is -2.07. The summed E-state index contributed by atoms with van der Waals surface area (Å²) >= 11 is 0. The average molecular weight is 253 g/mol. The molecule has 2 N–H and O–H groups in total. The van der Waals surface area contributed by atoms with Gasteiger partial charge in [-0.15, -0.1) is 0 Å². The molecule has 0 bridgehead atoms. The van der Waals surface area contributed by atoms with Gasteiger partial charge in [-0.25, -0.2) is 4.98 Å². The topological polar surface area (TPSA) is 53.9 Å². The molecule has 1 aliphatic heterocycles. The molecule has 0 saturated heterocycles. The van der Waals surface area contributed by atoms with Crippen molar-refractivity contribution in [2.24, 2.45) is 0 Å². The molecule has 1 aliphatic rings. The van der Waals surface area contributed by atoms with Crippen molar-refractivity contribution in [3.05, 3.63) is 53.8 Å². The van der Waals surface area contributed by atoms with Crippen LogP contribution in [0, 0.1) is 0 Å². The van der Waals surface area contributed by atoms with Crippen LogP contribution in [-0.4, -0.2) is 16.5 Å². The fraction of sp³-hybridized carbons (Fsp3) is 0.267. The molecule has 0 amide bonds. The Kier molecular flexibility index (Phi) is 2.26. The number of fused-ring (bicyclic) bond motifs is 2. The number of furan rings is 1. The quantitative estimate of drug-likeness (QED) is 0.701. The molecule has 4 nitrogen and oxygen atoms in total. The summed E-state index contributed by atoms with van der Waals surface area (Å²) in [6.45, 7) is 3.10. The van der Waals surface area contributed by atoms with Gasteiger partial charge in [-0.1, -0.05) is 25.1 Å². The first kappa shape index (κ1) is 10.8. The number of nitrogens with zero attached hydrogens (tertiary/aromatic N) is 1. The number of hydrogen-bond acceptors (Lipinski definition) is 3. The average Bonchev–Trinajstić information content (AvgIpc) is 3.05. The molecule has 2 aromatic heterocycles. The summed E-state index contributed by atoms with van der Waals surface area (Å²) in [6, 6.07) is 10.3. The van der Waals surface area contributed by atoms with Crippen molar-refractivity contribution >= 4 is 11.0 Å². The second kappa shape index (κ2) is 3.96. The lowest BCUT2D eigenvalue weighted by Crippen LogP contribution is -2.32. The summed E-state index contributed by atoms with van der Waals surface area (Å²) in [7, 11) is 0. The van der Waals surface area contributed by atoms with Gasteiger partial charge in [0, 0.05) is 17.8 Å². The maximum absolute atomic E-state index is 5.96. The van der Waals surface area contributed by atoms with Gasteiger partial charge in [0.1, 0.15) is 17.4 Å². The SMILES string of the molecule is C[C@@H]1CNC(c2cc3ccccc3o2)c2[nH]cnc21. The molecule has 3 aromatic rings. The number of nitrogens with one attached hydrogen (secondary N) is 2. The zero-order valence-electron chi connectivity index (χ0n) is 10.7. The Morgan fingerprint density at radius 2 is 2.21 bits per heavy atom. The molecule has 4 rings (SSSR count). The van der Waals surface area contributed by atoms with Gasteiger partial charge in [-0.2, -0.15) is 0 Å². The first-order valence-corrected chi connectivity index (χ1v) is 6.58. The van der Waals surface area contributed by atoms with Crippen molar-refractivity contribution in [2.75, 3.05) is 6.54 Å². The smallest absolute Gasteiger partial charge is 0.134 e. The summed E-state index contributed by atoms with van der Waals surface area (Å²) in [5.41, 5.74) is 3.20. The van der Waals surface area contributed by atoms with Crippen LogP contribution in [-0.2, 0) is 0 Å². The van der Waals surface area contributed by atoms with Gasteiger partial charge in [0.15, 0.2) is 0 Å². The second-order valence-corrected chi connectivity index (χ2v) is 5.13. The minimum atomic E-state index is 0.0705. The maximum atomic E-state index is 5.96. The van der Waals surface area contributed by atoms with Crippen LogP contribution in [0.15, 0.2) is 41.1 Å². The van der Waals surface area contributed by atoms with Gasteiger partial charge in [-0.3, -0.25) is 0 Å². The van der Waals surface area contributed by atoms with Gasteiger partial charge in [0.05, 0.1) is 17.7 Å². The fourth-order valence-corrected chi connectivity index (χ4v) is 2.82. The number of para-hydroxylation sites is 1. The van der Waals surface area contributed by atoms with Crippen LogP contribution in [0.4, 0.5) is 0 Å². The highest BCUT2D eigenvalue weighted by atomic mass is 16.3. The Bertz CT molecular complexity index is 695. The first-order valence-electron chi connectivity index (χ1n) is 6.58. The number of rotatable bonds is 1. The van der Waals surface area contributed by atoms with Gasteiger partial charge in [-0.05, 0) is 12.1 Å². The normalized spacial score (nSPS) is 22.6. The Morgan fingerprint density at radius 3 is 3.11 bits per heavy atom. The Labute approximate surface area is 110 Å². The van der Waals surface area contributed by atoms with E-state index in [4.69, 9.17) is 4.42 Å². The highest BCUT2D eigenvalue weighted by Gasteiger charge is 2.29. The van der Waals surface area contributed by atoms with Crippen LogP contribution in [0.25, 0.3) is 11.0 Å².